The van der Waals surface area contributed by atoms with Gasteiger partial charge in [0.2, 0.25) is 0 Å². The first-order valence-electron chi connectivity index (χ1n) is 14.8. The molecule has 4 aromatic carbocycles. The molecule has 2 N–H and O–H groups in total. The third-order valence-electron chi connectivity index (χ3n) is 7.51. The molecular formula is C36H41N3O4S. The van der Waals surface area contributed by atoms with E-state index < -0.39 is 16.1 Å². The summed E-state index contributed by atoms with van der Waals surface area (Å²) >= 11 is 0. The summed E-state index contributed by atoms with van der Waals surface area (Å²) in [5, 5.41) is 24.0. The Balaban J connectivity index is 1.42. The molecule has 0 heterocycles. The highest BCUT2D eigenvalue weighted by Gasteiger charge is 2.26. The number of anilines is 1. The number of nitrogens with zero attached hydrogens (tertiary/aromatic N) is 2. The summed E-state index contributed by atoms with van der Waals surface area (Å²) < 4.78 is 34.8. The molecule has 44 heavy (non-hydrogen) atoms. The Labute approximate surface area is 261 Å². The molecule has 230 valence electrons. The molecule has 4 aromatic rings. The molecule has 8 heteroatoms. The average molecular weight is 612 g/mol. The number of nitrogens with one attached hydrogen (secondary N) is 1. The van der Waals surface area contributed by atoms with Gasteiger partial charge in [-0.15, -0.1) is 0 Å². The van der Waals surface area contributed by atoms with Crippen molar-refractivity contribution in [1.82, 2.24) is 5.32 Å². The maximum absolute atomic E-state index is 13.8. The predicted molar refractivity (Wildman–Crippen MR) is 175 cm³/mol. The summed E-state index contributed by atoms with van der Waals surface area (Å²) in [4.78, 5) is 0.163. The number of aliphatic hydroxyl groups excluding tert-OH is 1. The Morgan fingerprint density at radius 3 is 2.20 bits per heavy atom. The molecule has 0 aliphatic carbocycles. The molecular weight excluding hydrogens is 570 g/mol. The van der Waals surface area contributed by atoms with Crippen LogP contribution in [0.25, 0.3) is 0 Å². The number of aryl methyl sites for hydroxylation is 2. The number of rotatable bonds is 15. The number of β-amino-alcohol motifs (C(OH)–C–C–N with tert-alkyl or cyclic N) is 1. The molecule has 0 radical (unpaired) electrons. The van der Waals surface area contributed by atoms with Crippen molar-refractivity contribution < 1.29 is 18.3 Å². The van der Waals surface area contributed by atoms with Crippen molar-refractivity contribution in [2.24, 2.45) is 0 Å². The molecule has 0 aliphatic rings. The Morgan fingerprint density at radius 1 is 0.932 bits per heavy atom. The molecule has 0 saturated heterocycles. The van der Waals surface area contributed by atoms with Gasteiger partial charge in [-0.05, 0) is 81.5 Å². The van der Waals surface area contributed by atoms with Crippen LogP contribution in [0.3, 0.4) is 0 Å². The Bertz CT molecular complexity index is 1630. The quantitative estimate of drug-likeness (QED) is 0.161. The minimum Gasteiger partial charge on any atom is -0.489 e. The minimum absolute atomic E-state index is 0.0173. The summed E-state index contributed by atoms with van der Waals surface area (Å²) in [5.41, 5.74) is 3.43. The van der Waals surface area contributed by atoms with Crippen molar-refractivity contribution in [2.75, 3.05) is 17.5 Å². The van der Waals surface area contributed by atoms with Gasteiger partial charge in [-0.2, -0.15) is 5.26 Å². The van der Waals surface area contributed by atoms with Crippen molar-refractivity contribution >= 4 is 15.7 Å². The molecule has 7 nitrogen and oxygen atoms in total. The average Bonchev–Trinajstić information content (AvgIpc) is 3.02. The fraction of sp³-hybridized carbons (Fsp3) is 0.306. The maximum atomic E-state index is 13.8. The fourth-order valence-corrected chi connectivity index (χ4v) is 6.34. The minimum atomic E-state index is -3.94. The van der Waals surface area contributed by atoms with Gasteiger partial charge in [-0.3, -0.25) is 4.31 Å². The SMILES string of the molecule is Cc1ccc(S(=O)(=O)N(Cc2ccccc2)c2ccc(OCC(O)CNC(C)(C)CCCc3ccccc3)c(C#N)c2)cc1. The van der Waals surface area contributed by atoms with Gasteiger partial charge in [-0.1, -0.05) is 78.4 Å². The number of sulfonamides is 1. The highest BCUT2D eigenvalue weighted by molar-refractivity contribution is 7.92. The molecule has 0 amide bonds. The second-order valence-corrected chi connectivity index (χ2v) is 13.5. The van der Waals surface area contributed by atoms with Crippen LogP contribution >= 0.6 is 0 Å². The normalized spacial score (nSPS) is 12.3. The number of hydrogen-bond acceptors (Lipinski definition) is 6. The first kappa shape index (κ1) is 32.7. The largest absolute Gasteiger partial charge is 0.489 e. The van der Waals surface area contributed by atoms with Crippen LogP contribution in [0, 0.1) is 18.3 Å². The number of benzene rings is 4. The summed E-state index contributed by atoms with van der Waals surface area (Å²) in [6.07, 6.45) is 2.17. The first-order valence-corrected chi connectivity index (χ1v) is 16.3. The zero-order chi connectivity index (χ0) is 31.6. The standard InChI is InChI=1S/C36H41N3O4S/c1-28-16-19-34(20-17-28)44(41,42)39(26-30-13-8-5-9-14-30)32-18-21-35(31(23-32)24-37)43-27-33(40)25-38-36(2,3)22-10-15-29-11-6-4-7-12-29/h4-9,11-14,16-21,23,33,38,40H,10,15,22,25-27H2,1-3H3. The van der Waals surface area contributed by atoms with Crippen molar-refractivity contribution in [3.05, 3.63) is 125 Å². The number of nitriles is 1. The molecule has 4 rings (SSSR count). The maximum Gasteiger partial charge on any atom is 0.264 e. The van der Waals surface area contributed by atoms with E-state index in [9.17, 15) is 18.8 Å². The topological polar surface area (TPSA) is 103 Å². The fourth-order valence-electron chi connectivity index (χ4n) is 4.89. The summed E-state index contributed by atoms with van der Waals surface area (Å²) in [7, 11) is -3.94. The second-order valence-electron chi connectivity index (χ2n) is 11.7. The second kappa shape index (κ2) is 15.0. The Morgan fingerprint density at radius 2 is 1.57 bits per heavy atom. The van der Waals surface area contributed by atoms with E-state index in [0.717, 1.165) is 30.4 Å². The van der Waals surface area contributed by atoms with E-state index in [0.29, 0.717) is 12.2 Å². The van der Waals surface area contributed by atoms with Crippen molar-refractivity contribution in [3.63, 3.8) is 0 Å². The van der Waals surface area contributed by atoms with Crippen LogP contribution in [0.2, 0.25) is 0 Å². The van der Waals surface area contributed by atoms with Gasteiger partial charge in [0.1, 0.15) is 24.5 Å². The van der Waals surface area contributed by atoms with E-state index >= 15 is 0 Å². The third kappa shape index (κ3) is 9.17. The van der Waals surface area contributed by atoms with Gasteiger partial charge in [0, 0.05) is 12.1 Å². The summed E-state index contributed by atoms with van der Waals surface area (Å²) in [6.45, 7) is 6.53. The van der Waals surface area contributed by atoms with Crippen LogP contribution in [0.15, 0.2) is 108 Å². The first-order chi connectivity index (χ1) is 21.1. The molecule has 1 unspecified atom stereocenters. The summed E-state index contributed by atoms with van der Waals surface area (Å²) in [6, 6.07) is 33.3. The van der Waals surface area contributed by atoms with Gasteiger partial charge in [0.05, 0.1) is 22.7 Å². The lowest BCUT2D eigenvalue weighted by molar-refractivity contribution is 0.0978. The molecule has 1 atom stereocenters. The van der Waals surface area contributed by atoms with Crippen LogP contribution in [-0.2, 0) is 23.0 Å². The Hall–Kier alpha value is -4.16. The highest BCUT2D eigenvalue weighted by atomic mass is 32.2. The number of aliphatic hydroxyl groups is 1. The van der Waals surface area contributed by atoms with E-state index in [4.69, 9.17) is 4.74 Å². The third-order valence-corrected chi connectivity index (χ3v) is 9.30. The van der Waals surface area contributed by atoms with Gasteiger partial charge < -0.3 is 15.2 Å². The van der Waals surface area contributed by atoms with Crippen LogP contribution in [0.4, 0.5) is 5.69 Å². The predicted octanol–water partition coefficient (Wildman–Crippen LogP) is 6.39. The smallest absolute Gasteiger partial charge is 0.264 e. The van der Waals surface area contributed by atoms with Crippen molar-refractivity contribution in [2.45, 2.75) is 63.1 Å². The molecule has 0 bridgehead atoms. The zero-order valence-corrected chi connectivity index (χ0v) is 26.4. The van der Waals surface area contributed by atoms with Crippen LogP contribution in [0.5, 0.6) is 5.75 Å². The van der Waals surface area contributed by atoms with E-state index in [1.54, 1.807) is 36.4 Å². The zero-order valence-electron chi connectivity index (χ0n) is 25.6. The van der Waals surface area contributed by atoms with Crippen LogP contribution < -0.4 is 14.4 Å². The van der Waals surface area contributed by atoms with Crippen LogP contribution in [0.1, 0.15) is 48.9 Å². The van der Waals surface area contributed by atoms with E-state index in [1.807, 2.05) is 43.3 Å². The van der Waals surface area contributed by atoms with E-state index in [1.165, 1.54) is 15.9 Å². The van der Waals surface area contributed by atoms with E-state index in [2.05, 4.69) is 49.5 Å². The lowest BCUT2D eigenvalue weighted by atomic mass is 9.95. The monoisotopic (exact) mass is 611 g/mol. The van der Waals surface area contributed by atoms with Gasteiger partial charge in [0.15, 0.2) is 0 Å². The van der Waals surface area contributed by atoms with Crippen LogP contribution in [-0.4, -0.2) is 38.3 Å². The molecule has 0 saturated carbocycles. The summed E-state index contributed by atoms with van der Waals surface area (Å²) in [5.74, 6) is 0.282. The lowest BCUT2D eigenvalue weighted by Crippen LogP contribution is -2.44. The molecule has 0 aromatic heterocycles. The van der Waals surface area contributed by atoms with E-state index in [-0.39, 0.29) is 34.9 Å². The van der Waals surface area contributed by atoms with Crippen molar-refractivity contribution in [3.8, 4) is 11.8 Å². The van der Waals surface area contributed by atoms with Gasteiger partial charge in [0.25, 0.3) is 10.0 Å². The van der Waals surface area contributed by atoms with Gasteiger partial charge >= 0.3 is 0 Å². The number of ether oxygens (including phenoxy) is 1. The highest BCUT2D eigenvalue weighted by Crippen LogP contribution is 2.30. The number of hydrogen-bond donors (Lipinski definition) is 2. The Kier molecular flexibility index (Phi) is 11.2. The molecule has 0 fully saturated rings. The van der Waals surface area contributed by atoms with Crippen molar-refractivity contribution in [1.29, 1.82) is 5.26 Å². The van der Waals surface area contributed by atoms with Gasteiger partial charge in [-0.25, -0.2) is 8.42 Å². The molecule has 0 spiro atoms. The lowest BCUT2D eigenvalue weighted by Gasteiger charge is -2.28. The molecule has 0 aliphatic heterocycles.